The minimum absolute atomic E-state index is 0.0185. The van der Waals surface area contributed by atoms with Crippen LogP contribution in [0.15, 0.2) is 61.1 Å². The van der Waals surface area contributed by atoms with Crippen molar-refractivity contribution in [3.8, 4) is 0 Å². The van der Waals surface area contributed by atoms with Gasteiger partial charge in [0, 0.05) is 24.6 Å². The van der Waals surface area contributed by atoms with Crippen LogP contribution in [0.25, 0.3) is 0 Å². The highest BCUT2D eigenvalue weighted by Crippen LogP contribution is 2.48. The Hall–Kier alpha value is -3.56. The molecule has 3 amide bonds. The highest BCUT2D eigenvalue weighted by Gasteiger charge is 2.56. The molecule has 10 heteroatoms. The van der Waals surface area contributed by atoms with Gasteiger partial charge in [0.25, 0.3) is 0 Å². The second kappa shape index (κ2) is 10.2. The lowest BCUT2D eigenvalue weighted by Crippen LogP contribution is -2.47. The van der Waals surface area contributed by atoms with E-state index in [1.807, 2.05) is 12.1 Å². The first kappa shape index (κ1) is 25.7. The van der Waals surface area contributed by atoms with Gasteiger partial charge in [-0.25, -0.2) is 14.2 Å². The Kier molecular flexibility index (Phi) is 6.72. The molecule has 1 saturated heterocycles. The Bertz CT molecular complexity index is 1390. The molecule has 3 aromatic rings. The van der Waals surface area contributed by atoms with Gasteiger partial charge >= 0.3 is 6.03 Å². The largest absolute Gasteiger partial charge is 0.323 e. The summed E-state index contributed by atoms with van der Waals surface area (Å²) >= 11 is 5.89. The fraction of sp³-hybridized carbons (Fsp3) is 0.379. The van der Waals surface area contributed by atoms with Crippen molar-refractivity contribution in [1.82, 2.24) is 14.9 Å². The molecule has 1 aromatic carbocycles. The number of hydrogen-bond donors (Lipinski definition) is 3. The number of nitrogens with zero attached hydrogens (tertiary/aromatic N) is 3. The molecule has 4 atom stereocenters. The summed E-state index contributed by atoms with van der Waals surface area (Å²) in [6, 6.07) is 10.5. The standard InChI is InChI=1S/C29H30ClFN6O2/c30-21-4-6-26(34-16-21)36-28(39)37-24-13-18(24)14-25(37)27(38)35-23-15-20(3-5-22(23)31)29(32,10-7-17-1-2-17)19-8-11-33-12-9-19/h3-6,8-9,11-12,15-18,24-25H,1-2,7,10,13-14,32H2,(H,35,38)(H,34,36,39). The highest BCUT2D eigenvalue weighted by molar-refractivity contribution is 6.30. The van der Waals surface area contributed by atoms with Crippen LogP contribution in [-0.4, -0.2) is 38.9 Å². The van der Waals surface area contributed by atoms with Crippen molar-refractivity contribution in [2.45, 2.75) is 56.1 Å². The lowest BCUT2D eigenvalue weighted by molar-refractivity contribution is -0.120. The van der Waals surface area contributed by atoms with Crippen molar-refractivity contribution in [2.24, 2.45) is 17.6 Å². The van der Waals surface area contributed by atoms with Gasteiger partial charge in [-0.15, -0.1) is 0 Å². The molecule has 3 fully saturated rings. The summed E-state index contributed by atoms with van der Waals surface area (Å²) in [5, 5.41) is 5.95. The van der Waals surface area contributed by atoms with Crippen molar-refractivity contribution in [2.75, 3.05) is 10.6 Å². The average molecular weight is 549 g/mol. The summed E-state index contributed by atoms with van der Waals surface area (Å²) in [7, 11) is 0. The molecule has 2 saturated carbocycles. The maximum absolute atomic E-state index is 15.0. The highest BCUT2D eigenvalue weighted by atomic mass is 35.5. The van der Waals surface area contributed by atoms with Gasteiger partial charge in [0.05, 0.1) is 16.2 Å². The maximum atomic E-state index is 15.0. The molecule has 202 valence electrons. The van der Waals surface area contributed by atoms with Crippen LogP contribution in [0.3, 0.4) is 0 Å². The summed E-state index contributed by atoms with van der Waals surface area (Å²) in [5.41, 5.74) is 7.81. The van der Waals surface area contributed by atoms with E-state index in [-0.39, 0.29) is 17.6 Å². The molecule has 1 aliphatic heterocycles. The number of pyridine rings is 2. The van der Waals surface area contributed by atoms with E-state index in [0.29, 0.717) is 35.2 Å². The van der Waals surface area contributed by atoms with E-state index in [1.165, 1.54) is 25.1 Å². The maximum Gasteiger partial charge on any atom is 0.323 e. The average Bonchev–Trinajstić information content (AvgIpc) is 3.88. The first-order valence-electron chi connectivity index (χ1n) is 13.3. The Labute approximate surface area is 231 Å². The van der Waals surface area contributed by atoms with Crippen LogP contribution in [-0.2, 0) is 10.3 Å². The minimum Gasteiger partial charge on any atom is -0.322 e. The smallest absolute Gasteiger partial charge is 0.322 e. The second-order valence-corrected chi connectivity index (χ2v) is 11.3. The number of fused-ring (bicyclic) bond motifs is 1. The lowest BCUT2D eigenvalue weighted by Gasteiger charge is -2.32. The van der Waals surface area contributed by atoms with E-state index in [9.17, 15) is 9.59 Å². The monoisotopic (exact) mass is 548 g/mol. The fourth-order valence-electron chi connectivity index (χ4n) is 5.66. The molecule has 3 heterocycles. The summed E-state index contributed by atoms with van der Waals surface area (Å²) in [5.74, 6) is 0.279. The summed E-state index contributed by atoms with van der Waals surface area (Å²) < 4.78 is 15.0. The van der Waals surface area contributed by atoms with Crippen molar-refractivity contribution in [3.05, 3.63) is 83.0 Å². The first-order chi connectivity index (χ1) is 18.8. The van der Waals surface area contributed by atoms with Crippen LogP contribution in [0.4, 0.5) is 20.7 Å². The molecule has 0 radical (unpaired) electrons. The second-order valence-electron chi connectivity index (χ2n) is 10.9. The molecule has 6 rings (SSSR count). The zero-order valence-electron chi connectivity index (χ0n) is 21.3. The number of carbonyl (C=O) groups excluding carboxylic acids is 2. The number of piperidine rings is 1. The summed E-state index contributed by atoms with van der Waals surface area (Å²) in [4.78, 5) is 36.3. The fourth-order valence-corrected chi connectivity index (χ4v) is 5.78. The van der Waals surface area contributed by atoms with Crippen molar-refractivity contribution in [3.63, 3.8) is 0 Å². The van der Waals surface area contributed by atoms with Crippen molar-refractivity contribution in [1.29, 1.82) is 0 Å². The van der Waals surface area contributed by atoms with E-state index in [1.54, 1.807) is 41.6 Å². The topological polar surface area (TPSA) is 113 Å². The van der Waals surface area contributed by atoms with Crippen molar-refractivity contribution < 1.29 is 14.0 Å². The van der Waals surface area contributed by atoms with E-state index < -0.39 is 29.3 Å². The van der Waals surface area contributed by atoms with Crippen LogP contribution in [0.1, 0.15) is 49.7 Å². The van der Waals surface area contributed by atoms with E-state index in [4.69, 9.17) is 17.3 Å². The van der Waals surface area contributed by atoms with Gasteiger partial charge in [0.1, 0.15) is 17.7 Å². The van der Waals surface area contributed by atoms with E-state index >= 15 is 4.39 Å². The number of nitrogens with two attached hydrogens (primary N) is 1. The predicted octanol–water partition coefficient (Wildman–Crippen LogP) is 5.30. The number of halogens is 2. The van der Waals surface area contributed by atoms with Crippen LogP contribution in [0.5, 0.6) is 0 Å². The van der Waals surface area contributed by atoms with Gasteiger partial charge in [-0.05, 0) is 85.0 Å². The van der Waals surface area contributed by atoms with Gasteiger partial charge in [-0.3, -0.25) is 15.1 Å². The number of rotatable bonds is 8. The molecule has 0 bridgehead atoms. The summed E-state index contributed by atoms with van der Waals surface area (Å²) in [6.07, 6.45) is 10.3. The van der Waals surface area contributed by atoms with Gasteiger partial charge in [-0.2, -0.15) is 0 Å². The number of hydrogen-bond acceptors (Lipinski definition) is 5. The predicted molar refractivity (Wildman–Crippen MR) is 147 cm³/mol. The number of likely N-dealkylation sites (tertiary alicyclic amines) is 1. The van der Waals surface area contributed by atoms with Gasteiger partial charge < -0.3 is 16.0 Å². The quantitative estimate of drug-likeness (QED) is 0.354. The normalized spacial score (nSPS) is 23.1. The Balaban J connectivity index is 1.22. The van der Waals surface area contributed by atoms with Crippen LogP contribution < -0.4 is 16.4 Å². The van der Waals surface area contributed by atoms with Gasteiger partial charge in [0.2, 0.25) is 5.91 Å². The molecular formula is C29H30ClFN6O2. The lowest BCUT2D eigenvalue weighted by atomic mass is 9.79. The third-order valence-electron chi connectivity index (χ3n) is 8.18. The molecule has 3 aliphatic rings. The molecule has 39 heavy (non-hydrogen) atoms. The van der Waals surface area contributed by atoms with Crippen LogP contribution in [0, 0.1) is 17.7 Å². The van der Waals surface area contributed by atoms with Gasteiger partial charge in [0.15, 0.2) is 0 Å². The third kappa shape index (κ3) is 5.33. The number of amides is 3. The molecule has 0 spiro atoms. The molecule has 4 N–H and O–H groups in total. The Morgan fingerprint density at radius 3 is 2.59 bits per heavy atom. The van der Waals surface area contributed by atoms with Crippen molar-refractivity contribution >= 4 is 35.0 Å². The van der Waals surface area contributed by atoms with Gasteiger partial charge in [-0.1, -0.05) is 30.5 Å². The third-order valence-corrected chi connectivity index (χ3v) is 8.41. The SMILES string of the molecule is NC(CCC1CC1)(c1ccncc1)c1ccc(F)c(NC(=O)C2CC3CC3N2C(=O)Nc2ccc(Cl)cn2)c1. The number of nitrogens with one attached hydrogen (secondary N) is 2. The molecule has 2 aromatic heterocycles. The number of carbonyl (C=O) groups is 2. The van der Waals surface area contributed by atoms with E-state index in [2.05, 4.69) is 20.6 Å². The zero-order chi connectivity index (χ0) is 27.1. The number of aromatic nitrogens is 2. The molecular weight excluding hydrogens is 519 g/mol. The number of benzene rings is 1. The van der Waals surface area contributed by atoms with Crippen LogP contribution in [0.2, 0.25) is 5.02 Å². The Morgan fingerprint density at radius 2 is 1.87 bits per heavy atom. The molecule has 8 nitrogen and oxygen atoms in total. The molecule has 4 unspecified atom stereocenters. The zero-order valence-corrected chi connectivity index (χ0v) is 22.1. The first-order valence-corrected chi connectivity index (χ1v) is 13.7. The molecule has 2 aliphatic carbocycles. The minimum atomic E-state index is -0.856. The number of anilines is 2. The van der Waals surface area contributed by atoms with Crippen LogP contribution >= 0.6 is 11.6 Å². The summed E-state index contributed by atoms with van der Waals surface area (Å²) in [6.45, 7) is 0. The number of urea groups is 1. The Morgan fingerprint density at radius 1 is 1.08 bits per heavy atom. The van der Waals surface area contributed by atoms with E-state index in [0.717, 1.165) is 18.4 Å².